The van der Waals surface area contributed by atoms with E-state index >= 15 is 0 Å². The number of aromatic nitrogens is 15. The Morgan fingerprint density at radius 2 is 0.633 bits per heavy atom. The minimum absolute atomic E-state index is 0.0722. The van der Waals surface area contributed by atoms with Gasteiger partial charge in [-0.05, 0) is 203 Å². The van der Waals surface area contributed by atoms with Crippen molar-refractivity contribution in [3.8, 4) is 112 Å². The van der Waals surface area contributed by atoms with E-state index in [1.165, 1.54) is 16.7 Å². The highest BCUT2D eigenvalue weighted by Crippen LogP contribution is 2.41. The molecule has 27 nitrogen and oxygen atoms in total. The standard InChI is InChI=1S/2C26H24N4O.C22H24N4O.C20H18N4O3.C18H16N4O/c1-17(20-9-5-4-6-10-20)27-26-25(28-23-11-7-8-16-30(23)26)22-14-12-21(13-15-22)24-18(2)29-31-19(24)3;1-17-9-14-23-28-25(26(30(23)16-17)27-15-20-7-5-4-6-8-20)22-12-10-21(11-13-22)24-18(2)29-31-19(24)3;1-14-19(15(2)27-25-14)16-9-11-17(12-10-16)20-21(24-22(3,4)5)26-13-7-6-8-18(26)23-20;1-12-18(13(2)27-23-12)14-6-8-15(9-7-14)19-20(21-11-17(25)26)24-10-4-3-5-16(24)22-19;1-11-16(12(2)23-21-11)13-6-8-14(9-7-13)17-18(19)22-10-4-3-5-15(22)20-17/h4-17,27H,1-3H3;4-14,16,27H,15H2,1-3H3;6-13,24H,1-5H3;3-10,21H,11H2,1-2H3,(H,25,26);3-10H,19H2,1-2H3/t17-;;;;/m0..../s1. The molecular formula is C112H106N20O7. The molecule has 0 saturated heterocycles. The first-order valence-corrected chi connectivity index (χ1v) is 45.9. The lowest BCUT2D eigenvalue weighted by Crippen LogP contribution is -2.27. The van der Waals surface area contributed by atoms with E-state index in [0.29, 0.717) is 17.3 Å². The summed E-state index contributed by atoms with van der Waals surface area (Å²) in [6.07, 6.45) is 9.98. The van der Waals surface area contributed by atoms with Gasteiger partial charge in [0.05, 0.1) is 28.5 Å². The Morgan fingerprint density at radius 3 is 0.986 bits per heavy atom. The summed E-state index contributed by atoms with van der Waals surface area (Å²) in [4.78, 5) is 35.0. The normalized spacial score (nSPS) is 11.5. The van der Waals surface area contributed by atoms with Gasteiger partial charge in [-0.3, -0.25) is 26.8 Å². The molecule has 7 N–H and O–H groups in total. The number of fused-ring (bicyclic) bond motifs is 5. The molecule has 0 radical (unpaired) electrons. The zero-order valence-electron chi connectivity index (χ0n) is 80.0. The molecule has 15 aromatic heterocycles. The molecule has 0 amide bonds. The molecule has 15 heterocycles. The van der Waals surface area contributed by atoms with Crippen LogP contribution in [0.3, 0.4) is 0 Å². The maximum atomic E-state index is 11.0. The van der Waals surface area contributed by atoms with Crippen molar-refractivity contribution in [1.82, 2.24) is 72.7 Å². The number of hydrogen-bond acceptors (Lipinski definition) is 21. The highest BCUT2D eigenvalue weighted by Gasteiger charge is 2.26. The fourth-order valence-electron chi connectivity index (χ4n) is 17.5. The van der Waals surface area contributed by atoms with Gasteiger partial charge in [0.2, 0.25) is 0 Å². The molecule has 22 aromatic rings. The van der Waals surface area contributed by atoms with Crippen molar-refractivity contribution in [1.29, 1.82) is 0 Å². The number of nitrogens with zero attached hydrogens (tertiary/aromatic N) is 15. The molecular weight excluding hydrogens is 1740 g/mol. The third-order valence-electron chi connectivity index (χ3n) is 24.2. The van der Waals surface area contributed by atoms with Gasteiger partial charge in [-0.1, -0.05) is 238 Å². The maximum absolute atomic E-state index is 11.0. The summed E-state index contributed by atoms with van der Waals surface area (Å²) in [5, 5.41) is 43.1. The minimum Gasteiger partial charge on any atom is -0.480 e. The van der Waals surface area contributed by atoms with Gasteiger partial charge in [-0.25, -0.2) is 24.9 Å². The predicted octanol–water partition coefficient (Wildman–Crippen LogP) is 25.7. The fraction of sp³-hybridized carbons (Fsp3) is 0.170. The van der Waals surface area contributed by atoms with Crippen LogP contribution in [0.4, 0.5) is 29.1 Å². The summed E-state index contributed by atoms with van der Waals surface area (Å²) >= 11 is 0. The van der Waals surface area contributed by atoms with E-state index in [2.05, 4.69) is 244 Å². The molecule has 0 aliphatic heterocycles. The Morgan fingerprint density at radius 1 is 0.338 bits per heavy atom. The maximum Gasteiger partial charge on any atom is 0.322 e. The Bertz CT molecular complexity index is 7920. The summed E-state index contributed by atoms with van der Waals surface area (Å²) < 4.78 is 36.5. The number of hydrogen-bond donors (Lipinski definition) is 6. The molecule has 0 spiro atoms. The van der Waals surface area contributed by atoms with Crippen molar-refractivity contribution in [3.05, 3.63) is 372 Å². The Balaban J connectivity index is 0.000000116. The number of aryl methyl sites for hydroxylation is 11. The zero-order valence-corrected chi connectivity index (χ0v) is 80.0. The smallest absolute Gasteiger partial charge is 0.322 e. The van der Waals surface area contributed by atoms with Crippen LogP contribution in [0.25, 0.3) is 140 Å². The van der Waals surface area contributed by atoms with Gasteiger partial charge in [0, 0.05) is 105 Å². The summed E-state index contributed by atoms with van der Waals surface area (Å²) in [5.74, 6) is 7.44. The first-order valence-electron chi connectivity index (χ1n) is 45.9. The third kappa shape index (κ3) is 19.6. The first-order chi connectivity index (χ1) is 67.2. The molecule has 696 valence electrons. The van der Waals surface area contributed by atoms with Gasteiger partial charge in [0.1, 0.15) is 121 Å². The van der Waals surface area contributed by atoms with E-state index < -0.39 is 5.97 Å². The second kappa shape index (κ2) is 39.6. The number of imidazole rings is 5. The number of nitrogen functional groups attached to an aromatic ring is 1. The van der Waals surface area contributed by atoms with E-state index in [4.69, 9.17) is 48.4 Å². The average Bonchev–Trinajstić information content (AvgIpc) is 1.64. The second-order valence-corrected chi connectivity index (χ2v) is 35.4. The van der Waals surface area contributed by atoms with Crippen molar-refractivity contribution in [2.75, 3.05) is 33.5 Å². The van der Waals surface area contributed by atoms with Gasteiger partial charge in [0.15, 0.2) is 0 Å². The second-order valence-electron chi connectivity index (χ2n) is 35.4. The monoisotopic (exact) mass is 1840 g/mol. The number of benzene rings is 7. The van der Waals surface area contributed by atoms with E-state index in [0.717, 1.165) is 216 Å². The summed E-state index contributed by atoms with van der Waals surface area (Å²) in [5.41, 5.74) is 38.5. The molecule has 0 aliphatic carbocycles. The molecule has 22 rings (SSSR count). The summed E-state index contributed by atoms with van der Waals surface area (Å²) in [6, 6.07) is 90.1. The predicted molar refractivity (Wildman–Crippen MR) is 549 cm³/mol. The molecule has 139 heavy (non-hydrogen) atoms. The SMILES string of the molecule is Cc1ccc2nc(-c3ccc(-c4c(C)noc4C)cc3)c(NCc3ccccc3)n2c1.Cc1noc(C)c1-c1ccc(-c2nc3ccccn3c2N)cc1.Cc1noc(C)c1-c1ccc(-c2nc3ccccn3c2NC(C)(C)C)cc1.Cc1noc(C)c1-c1ccc(-c2nc3ccccn3c2NCC(=O)O)cc1.Cc1noc(C)c1-c1ccc(-c2nc3ccccn3c2N[C@@H](C)c2ccccc2)cc1. The molecule has 0 fully saturated rings. The van der Waals surface area contributed by atoms with Crippen LogP contribution >= 0.6 is 0 Å². The lowest BCUT2D eigenvalue weighted by atomic mass is 10.0. The number of nitrogens with one attached hydrogen (secondary N) is 4. The average molecular weight is 1840 g/mol. The molecule has 0 bridgehead atoms. The zero-order chi connectivity index (χ0) is 96.9. The summed E-state index contributed by atoms with van der Waals surface area (Å²) in [7, 11) is 0. The minimum atomic E-state index is -0.930. The van der Waals surface area contributed by atoms with Gasteiger partial charge < -0.3 is 54.7 Å². The van der Waals surface area contributed by atoms with Crippen LogP contribution in [0.2, 0.25) is 0 Å². The quantitative estimate of drug-likeness (QED) is 0.0413. The number of rotatable bonds is 20. The van der Waals surface area contributed by atoms with Crippen molar-refractivity contribution in [2.24, 2.45) is 0 Å². The van der Waals surface area contributed by atoms with Crippen LogP contribution in [0.15, 0.2) is 321 Å². The van der Waals surface area contributed by atoms with E-state index in [1.54, 1.807) is 0 Å². The molecule has 7 aromatic carbocycles. The van der Waals surface area contributed by atoms with Gasteiger partial charge in [-0.15, -0.1) is 0 Å². The highest BCUT2D eigenvalue weighted by atomic mass is 16.5. The molecule has 1 atom stereocenters. The van der Waals surface area contributed by atoms with Crippen LogP contribution < -0.4 is 27.0 Å². The number of anilines is 5. The number of aliphatic carboxylic acids is 1. The number of pyridine rings is 5. The number of carboxylic acids is 1. The number of carboxylic acid groups (broad SMARTS) is 1. The third-order valence-corrected chi connectivity index (χ3v) is 24.2. The van der Waals surface area contributed by atoms with Crippen molar-refractivity contribution in [3.63, 3.8) is 0 Å². The van der Waals surface area contributed by atoms with E-state index in [1.807, 2.05) is 236 Å². The topological polar surface area (TPSA) is 328 Å². The summed E-state index contributed by atoms with van der Waals surface area (Å²) in [6.45, 7) is 30.7. The first kappa shape index (κ1) is 92.0. The Hall–Kier alpha value is -17.5. The fourth-order valence-corrected chi connectivity index (χ4v) is 17.5. The lowest BCUT2D eigenvalue weighted by molar-refractivity contribution is -0.134. The van der Waals surface area contributed by atoms with Crippen LogP contribution in [0.5, 0.6) is 0 Å². The Kier molecular flexibility index (Phi) is 26.2. The van der Waals surface area contributed by atoms with E-state index in [9.17, 15) is 4.79 Å². The lowest BCUT2D eigenvalue weighted by Gasteiger charge is -2.22. The molecule has 27 heteroatoms. The van der Waals surface area contributed by atoms with Gasteiger partial charge in [-0.2, -0.15) is 0 Å². The van der Waals surface area contributed by atoms with Crippen LogP contribution in [-0.2, 0) is 11.3 Å². The largest absolute Gasteiger partial charge is 0.480 e. The van der Waals surface area contributed by atoms with E-state index in [-0.39, 0.29) is 18.1 Å². The number of nitrogens with two attached hydrogens (primary N) is 1. The van der Waals surface area contributed by atoms with Crippen molar-refractivity contribution >= 4 is 63.3 Å². The van der Waals surface area contributed by atoms with Crippen LogP contribution in [-0.4, -0.2) is 95.9 Å². The van der Waals surface area contributed by atoms with Crippen molar-refractivity contribution in [2.45, 2.75) is 122 Å². The highest BCUT2D eigenvalue weighted by molar-refractivity contribution is 5.86. The molecule has 0 aliphatic rings. The van der Waals surface area contributed by atoms with Crippen molar-refractivity contribution < 1.29 is 32.5 Å². The van der Waals surface area contributed by atoms with Crippen LogP contribution in [0.1, 0.15) is 108 Å². The van der Waals surface area contributed by atoms with Gasteiger partial charge in [0.25, 0.3) is 0 Å². The molecule has 0 saturated carbocycles. The number of carbonyl (C=O) groups is 1. The van der Waals surface area contributed by atoms with Crippen LogP contribution in [0, 0.1) is 76.2 Å². The molecule has 0 unspecified atom stereocenters. The Labute approximate surface area is 803 Å². The van der Waals surface area contributed by atoms with Gasteiger partial charge >= 0.3 is 5.97 Å².